The molecule has 1 heterocycles. The summed E-state index contributed by atoms with van der Waals surface area (Å²) < 4.78 is 0. The number of carbonyl (C=O) groups excluding carboxylic acids is 1. The van der Waals surface area contributed by atoms with E-state index in [2.05, 4.69) is 0 Å². The van der Waals surface area contributed by atoms with Crippen molar-refractivity contribution in [1.82, 2.24) is 4.90 Å². The standard InChI is InChI=1S/C11H20N2O/c1-13-7-6-9(11(13)14)10(12)8-4-2-3-5-8/h8-10H,2-7,12H2,1H3. The molecule has 3 heteroatoms. The first-order valence-electron chi connectivity index (χ1n) is 5.70. The number of carbonyl (C=O) groups is 1. The smallest absolute Gasteiger partial charge is 0.227 e. The first-order chi connectivity index (χ1) is 6.70. The minimum atomic E-state index is 0.114. The molecule has 0 aromatic rings. The molecule has 1 amide bonds. The van der Waals surface area contributed by atoms with E-state index in [9.17, 15) is 4.79 Å². The van der Waals surface area contributed by atoms with Gasteiger partial charge in [-0.25, -0.2) is 0 Å². The highest BCUT2D eigenvalue weighted by atomic mass is 16.2. The predicted octanol–water partition coefficient (Wildman–Crippen LogP) is 0.982. The minimum absolute atomic E-state index is 0.114. The quantitative estimate of drug-likeness (QED) is 0.715. The lowest BCUT2D eigenvalue weighted by Gasteiger charge is -2.23. The number of nitrogens with two attached hydrogens (primary N) is 1. The van der Waals surface area contributed by atoms with Crippen LogP contribution >= 0.6 is 0 Å². The van der Waals surface area contributed by atoms with Gasteiger partial charge < -0.3 is 10.6 Å². The molecule has 2 fully saturated rings. The molecule has 1 saturated carbocycles. The molecule has 2 atom stereocenters. The molecule has 80 valence electrons. The SMILES string of the molecule is CN1CCC(C(N)C2CCCC2)C1=O. The second-order valence-corrected chi connectivity index (χ2v) is 4.78. The van der Waals surface area contributed by atoms with Crippen molar-refractivity contribution >= 4 is 5.91 Å². The Hall–Kier alpha value is -0.570. The molecule has 0 aromatic heterocycles. The number of likely N-dealkylation sites (tertiary alicyclic amines) is 1. The van der Waals surface area contributed by atoms with Crippen molar-refractivity contribution in [3.63, 3.8) is 0 Å². The van der Waals surface area contributed by atoms with Crippen molar-refractivity contribution in [1.29, 1.82) is 0 Å². The van der Waals surface area contributed by atoms with Gasteiger partial charge >= 0.3 is 0 Å². The summed E-state index contributed by atoms with van der Waals surface area (Å²) in [6.07, 6.45) is 6.03. The predicted molar refractivity (Wildman–Crippen MR) is 55.7 cm³/mol. The van der Waals surface area contributed by atoms with E-state index in [1.807, 2.05) is 11.9 Å². The van der Waals surface area contributed by atoms with E-state index >= 15 is 0 Å². The van der Waals surface area contributed by atoms with Crippen LogP contribution in [0, 0.1) is 11.8 Å². The second-order valence-electron chi connectivity index (χ2n) is 4.78. The molecule has 0 spiro atoms. The van der Waals surface area contributed by atoms with Gasteiger partial charge in [0.1, 0.15) is 0 Å². The monoisotopic (exact) mass is 196 g/mol. The van der Waals surface area contributed by atoms with Gasteiger partial charge in [-0.15, -0.1) is 0 Å². The lowest BCUT2D eigenvalue weighted by atomic mass is 9.87. The molecule has 14 heavy (non-hydrogen) atoms. The largest absolute Gasteiger partial charge is 0.345 e. The van der Waals surface area contributed by atoms with Crippen LogP contribution in [0.5, 0.6) is 0 Å². The summed E-state index contributed by atoms with van der Waals surface area (Å²) in [4.78, 5) is 13.6. The van der Waals surface area contributed by atoms with Crippen LogP contribution in [0.2, 0.25) is 0 Å². The normalized spacial score (nSPS) is 31.4. The first kappa shape index (κ1) is 9.97. The Morgan fingerprint density at radius 2 is 2.00 bits per heavy atom. The van der Waals surface area contributed by atoms with Crippen LogP contribution in [0.25, 0.3) is 0 Å². The summed E-state index contributed by atoms with van der Waals surface area (Å²) in [5.74, 6) is 0.989. The maximum absolute atomic E-state index is 11.7. The van der Waals surface area contributed by atoms with Crippen molar-refractivity contribution in [2.24, 2.45) is 17.6 Å². The zero-order chi connectivity index (χ0) is 10.1. The molecule has 0 aromatic carbocycles. The van der Waals surface area contributed by atoms with Gasteiger partial charge in [-0.2, -0.15) is 0 Å². The summed E-state index contributed by atoms with van der Waals surface area (Å²) >= 11 is 0. The van der Waals surface area contributed by atoms with Gasteiger partial charge in [0.15, 0.2) is 0 Å². The number of nitrogens with zero attached hydrogens (tertiary/aromatic N) is 1. The summed E-state index contributed by atoms with van der Waals surface area (Å²) in [6.45, 7) is 0.893. The van der Waals surface area contributed by atoms with Gasteiger partial charge in [-0.3, -0.25) is 4.79 Å². The van der Waals surface area contributed by atoms with Gasteiger partial charge in [0.25, 0.3) is 0 Å². The Balaban J connectivity index is 1.97. The minimum Gasteiger partial charge on any atom is -0.345 e. The van der Waals surface area contributed by atoms with Crippen molar-refractivity contribution in [3.8, 4) is 0 Å². The molecule has 1 aliphatic carbocycles. The van der Waals surface area contributed by atoms with E-state index in [4.69, 9.17) is 5.73 Å². The highest BCUT2D eigenvalue weighted by molar-refractivity contribution is 5.81. The lowest BCUT2D eigenvalue weighted by Crippen LogP contribution is -2.40. The molecular formula is C11H20N2O. The van der Waals surface area contributed by atoms with Crippen molar-refractivity contribution in [2.45, 2.75) is 38.1 Å². The Labute approximate surface area is 85.6 Å². The molecule has 2 aliphatic rings. The van der Waals surface area contributed by atoms with Gasteiger partial charge in [0.2, 0.25) is 5.91 Å². The first-order valence-corrected chi connectivity index (χ1v) is 5.70. The highest BCUT2D eigenvalue weighted by Crippen LogP contribution is 2.32. The number of amides is 1. The molecular weight excluding hydrogens is 176 g/mol. The number of hydrogen-bond donors (Lipinski definition) is 1. The molecule has 2 rings (SSSR count). The van der Waals surface area contributed by atoms with Gasteiger partial charge in [-0.1, -0.05) is 12.8 Å². The Morgan fingerprint density at radius 1 is 1.36 bits per heavy atom. The zero-order valence-electron chi connectivity index (χ0n) is 8.91. The van der Waals surface area contributed by atoms with Crippen LogP contribution in [-0.2, 0) is 4.79 Å². The van der Waals surface area contributed by atoms with E-state index in [0.29, 0.717) is 5.92 Å². The average molecular weight is 196 g/mol. The lowest BCUT2D eigenvalue weighted by molar-refractivity contribution is -0.130. The fraction of sp³-hybridized carbons (Fsp3) is 0.909. The topological polar surface area (TPSA) is 46.3 Å². The number of hydrogen-bond acceptors (Lipinski definition) is 2. The summed E-state index contributed by atoms with van der Waals surface area (Å²) in [5.41, 5.74) is 6.19. The van der Waals surface area contributed by atoms with E-state index in [1.54, 1.807) is 0 Å². The van der Waals surface area contributed by atoms with Gasteiger partial charge in [0, 0.05) is 19.6 Å². The molecule has 0 bridgehead atoms. The number of rotatable bonds is 2. The molecule has 2 N–H and O–H groups in total. The molecule has 1 aliphatic heterocycles. The van der Waals surface area contributed by atoms with Crippen LogP contribution in [0.15, 0.2) is 0 Å². The maximum atomic E-state index is 11.7. The molecule has 3 nitrogen and oxygen atoms in total. The van der Waals surface area contributed by atoms with E-state index < -0.39 is 0 Å². The zero-order valence-corrected chi connectivity index (χ0v) is 8.91. The summed E-state index contributed by atoms with van der Waals surface area (Å²) in [5, 5.41) is 0. The third-order valence-electron chi connectivity index (χ3n) is 3.88. The van der Waals surface area contributed by atoms with Crippen molar-refractivity contribution in [3.05, 3.63) is 0 Å². The van der Waals surface area contributed by atoms with E-state index in [1.165, 1.54) is 25.7 Å². The van der Waals surface area contributed by atoms with Gasteiger partial charge in [0.05, 0.1) is 5.92 Å². The van der Waals surface area contributed by atoms with Crippen LogP contribution in [-0.4, -0.2) is 30.4 Å². The average Bonchev–Trinajstić information content (AvgIpc) is 2.77. The fourth-order valence-corrected chi connectivity index (χ4v) is 2.88. The molecule has 2 unspecified atom stereocenters. The maximum Gasteiger partial charge on any atom is 0.227 e. The fourth-order valence-electron chi connectivity index (χ4n) is 2.88. The van der Waals surface area contributed by atoms with E-state index in [0.717, 1.165) is 13.0 Å². The molecule has 0 radical (unpaired) electrons. The Kier molecular flexibility index (Phi) is 2.77. The van der Waals surface area contributed by atoms with Crippen molar-refractivity contribution < 1.29 is 4.79 Å². The van der Waals surface area contributed by atoms with Crippen LogP contribution < -0.4 is 5.73 Å². The highest BCUT2D eigenvalue weighted by Gasteiger charge is 2.37. The summed E-state index contributed by atoms with van der Waals surface area (Å²) in [6, 6.07) is 0.120. The summed E-state index contributed by atoms with van der Waals surface area (Å²) in [7, 11) is 1.88. The third-order valence-corrected chi connectivity index (χ3v) is 3.88. The van der Waals surface area contributed by atoms with Crippen LogP contribution in [0.1, 0.15) is 32.1 Å². The Bertz CT molecular complexity index is 223. The molecule has 1 saturated heterocycles. The Morgan fingerprint density at radius 3 is 2.50 bits per heavy atom. The van der Waals surface area contributed by atoms with E-state index in [-0.39, 0.29) is 17.9 Å². The third kappa shape index (κ3) is 1.65. The second kappa shape index (κ2) is 3.89. The van der Waals surface area contributed by atoms with Crippen LogP contribution in [0.4, 0.5) is 0 Å². The van der Waals surface area contributed by atoms with Crippen LogP contribution in [0.3, 0.4) is 0 Å². The van der Waals surface area contributed by atoms with Gasteiger partial charge in [-0.05, 0) is 25.2 Å². The van der Waals surface area contributed by atoms with Crippen molar-refractivity contribution in [2.75, 3.05) is 13.6 Å².